The van der Waals surface area contributed by atoms with Gasteiger partial charge in [0.25, 0.3) is 0 Å². The first-order valence-corrected chi connectivity index (χ1v) is 6.47. The van der Waals surface area contributed by atoms with E-state index in [4.69, 9.17) is 17.3 Å². The lowest BCUT2D eigenvalue weighted by Gasteiger charge is -2.14. The van der Waals surface area contributed by atoms with E-state index in [1.807, 2.05) is 6.92 Å². The van der Waals surface area contributed by atoms with Gasteiger partial charge in [-0.05, 0) is 30.7 Å². The molecule has 2 unspecified atom stereocenters. The van der Waals surface area contributed by atoms with Crippen LogP contribution in [0.4, 0.5) is 5.69 Å². The Hall–Kier alpha value is -1.59. The fourth-order valence-corrected chi connectivity index (χ4v) is 2.40. The molecule has 0 spiro atoms. The van der Waals surface area contributed by atoms with E-state index in [0.717, 1.165) is 6.54 Å². The Morgan fingerprint density at radius 3 is 2.74 bits per heavy atom. The summed E-state index contributed by atoms with van der Waals surface area (Å²) in [6.45, 7) is 3.54. The van der Waals surface area contributed by atoms with Gasteiger partial charge in [0.2, 0.25) is 11.8 Å². The van der Waals surface area contributed by atoms with Gasteiger partial charge in [-0.25, -0.2) is 0 Å². The lowest BCUT2D eigenvalue weighted by Crippen LogP contribution is -2.28. The summed E-state index contributed by atoms with van der Waals surface area (Å²) in [6.07, 6.45) is 0. The molecule has 2 amide bonds. The lowest BCUT2D eigenvalue weighted by atomic mass is 9.97. The van der Waals surface area contributed by atoms with Crippen molar-refractivity contribution in [2.75, 3.05) is 18.4 Å². The first-order chi connectivity index (χ1) is 8.99. The maximum absolute atomic E-state index is 12.1. The average molecular weight is 282 g/mol. The van der Waals surface area contributed by atoms with Crippen molar-refractivity contribution < 1.29 is 9.59 Å². The number of carbonyl (C=O) groups is 2. The van der Waals surface area contributed by atoms with Crippen LogP contribution in [0.5, 0.6) is 0 Å². The van der Waals surface area contributed by atoms with Crippen molar-refractivity contribution in [2.45, 2.75) is 6.92 Å². The summed E-state index contributed by atoms with van der Waals surface area (Å²) >= 11 is 5.85. The number of benzene rings is 1. The highest BCUT2D eigenvalue weighted by molar-refractivity contribution is 6.34. The molecule has 1 aromatic carbocycles. The smallest absolute Gasteiger partial charge is 0.250 e. The number of hydrogen-bond acceptors (Lipinski definition) is 3. The molecule has 0 aliphatic carbocycles. The Bertz CT molecular complexity index is 519. The Balaban J connectivity index is 2.13. The van der Waals surface area contributed by atoms with E-state index in [2.05, 4.69) is 10.6 Å². The summed E-state index contributed by atoms with van der Waals surface area (Å²) in [4.78, 5) is 23.3. The highest BCUT2D eigenvalue weighted by Gasteiger charge is 2.29. The van der Waals surface area contributed by atoms with Gasteiger partial charge in [-0.1, -0.05) is 18.5 Å². The van der Waals surface area contributed by atoms with Crippen LogP contribution in [0.2, 0.25) is 5.02 Å². The molecule has 0 aromatic heterocycles. The molecule has 0 bridgehead atoms. The van der Waals surface area contributed by atoms with Gasteiger partial charge < -0.3 is 16.4 Å². The molecule has 1 aliphatic heterocycles. The van der Waals surface area contributed by atoms with Gasteiger partial charge in [-0.15, -0.1) is 0 Å². The third kappa shape index (κ3) is 3.05. The molecular formula is C13H16ClN3O2. The molecule has 1 fully saturated rings. The van der Waals surface area contributed by atoms with Crippen molar-refractivity contribution in [3.05, 3.63) is 28.8 Å². The molecule has 2 atom stereocenters. The molecule has 1 aliphatic rings. The number of nitrogens with two attached hydrogens (primary N) is 1. The van der Waals surface area contributed by atoms with E-state index in [1.165, 1.54) is 6.07 Å². The predicted octanol–water partition coefficient (Wildman–Crippen LogP) is 1.23. The number of primary amides is 1. The zero-order valence-electron chi connectivity index (χ0n) is 10.6. The van der Waals surface area contributed by atoms with Gasteiger partial charge in [-0.2, -0.15) is 0 Å². The molecule has 2 rings (SSSR count). The van der Waals surface area contributed by atoms with E-state index in [0.29, 0.717) is 18.2 Å². The van der Waals surface area contributed by atoms with E-state index in [9.17, 15) is 9.59 Å². The minimum atomic E-state index is -0.614. The average Bonchev–Trinajstić information content (AvgIpc) is 2.77. The van der Waals surface area contributed by atoms with Crippen molar-refractivity contribution in [1.82, 2.24) is 5.32 Å². The van der Waals surface area contributed by atoms with E-state index >= 15 is 0 Å². The summed E-state index contributed by atoms with van der Waals surface area (Å²) in [5.41, 5.74) is 5.95. The van der Waals surface area contributed by atoms with Crippen LogP contribution in [-0.2, 0) is 4.79 Å². The summed E-state index contributed by atoms with van der Waals surface area (Å²) in [5.74, 6) is -0.442. The van der Waals surface area contributed by atoms with Crippen molar-refractivity contribution in [2.24, 2.45) is 17.6 Å². The van der Waals surface area contributed by atoms with Crippen LogP contribution >= 0.6 is 11.6 Å². The molecule has 0 radical (unpaired) electrons. The number of carbonyl (C=O) groups excluding carboxylic acids is 2. The van der Waals surface area contributed by atoms with Crippen LogP contribution in [0.25, 0.3) is 0 Å². The van der Waals surface area contributed by atoms with E-state index < -0.39 is 5.91 Å². The highest BCUT2D eigenvalue weighted by Crippen LogP contribution is 2.22. The molecular weight excluding hydrogens is 266 g/mol. The number of anilines is 1. The van der Waals surface area contributed by atoms with Gasteiger partial charge in [0.1, 0.15) is 0 Å². The third-order valence-electron chi connectivity index (χ3n) is 3.35. The van der Waals surface area contributed by atoms with Crippen LogP contribution in [-0.4, -0.2) is 24.9 Å². The quantitative estimate of drug-likeness (QED) is 0.779. The number of nitrogens with one attached hydrogen (secondary N) is 2. The Morgan fingerprint density at radius 2 is 2.16 bits per heavy atom. The largest absolute Gasteiger partial charge is 0.366 e. The Labute approximate surface area is 116 Å². The normalized spacial score (nSPS) is 22.2. The lowest BCUT2D eigenvalue weighted by molar-refractivity contribution is -0.120. The van der Waals surface area contributed by atoms with E-state index in [1.54, 1.807) is 12.1 Å². The van der Waals surface area contributed by atoms with Crippen LogP contribution < -0.4 is 16.4 Å². The van der Waals surface area contributed by atoms with Crippen molar-refractivity contribution in [3.63, 3.8) is 0 Å². The molecule has 1 aromatic rings. The molecule has 5 nitrogen and oxygen atoms in total. The minimum absolute atomic E-state index is 0.0600. The molecule has 6 heteroatoms. The molecule has 1 heterocycles. The fraction of sp³-hybridized carbons (Fsp3) is 0.385. The van der Waals surface area contributed by atoms with Gasteiger partial charge >= 0.3 is 0 Å². The monoisotopic (exact) mass is 281 g/mol. The number of halogens is 1. The summed E-state index contributed by atoms with van der Waals surface area (Å²) in [6, 6.07) is 4.70. The number of rotatable bonds is 3. The highest BCUT2D eigenvalue weighted by atomic mass is 35.5. The second kappa shape index (κ2) is 5.59. The standard InChI is InChI=1S/C13H16ClN3O2/c1-7-5-16-6-10(7)13(19)17-8-2-3-11(14)9(4-8)12(15)18/h2-4,7,10,16H,5-6H2,1H3,(H2,15,18)(H,17,19). The summed E-state index contributed by atoms with van der Waals surface area (Å²) in [5, 5.41) is 6.24. The van der Waals surface area contributed by atoms with Crippen molar-refractivity contribution in [1.29, 1.82) is 0 Å². The van der Waals surface area contributed by atoms with Crippen LogP contribution in [0.3, 0.4) is 0 Å². The SMILES string of the molecule is CC1CNCC1C(=O)Nc1ccc(Cl)c(C(N)=O)c1. The van der Waals surface area contributed by atoms with Crippen LogP contribution in [0, 0.1) is 11.8 Å². The van der Waals surface area contributed by atoms with Gasteiger partial charge in [0.15, 0.2) is 0 Å². The van der Waals surface area contributed by atoms with Crippen molar-refractivity contribution >= 4 is 29.1 Å². The van der Waals surface area contributed by atoms with Crippen molar-refractivity contribution in [3.8, 4) is 0 Å². The fourth-order valence-electron chi connectivity index (χ4n) is 2.19. The second-order valence-corrected chi connectivity index (χ2v) is 5.20. The first kappa shape index (κ1) is 13.8. The van der Waals surface area contributed by atoms with Crippen LogP contribution in [0.15, 0.2) is 18.2 Å². The molecule has 102 valence electrons. The molecule has 1 saturated heterocycles. The third-order valence-corrected chi connectivity index (χ3v) is 3.68. The Kier molecular flexibility index (Phi) is 4.07. The van der Waals surface area contributed by atoms with E-state index in [-0.39, 0.29) is 22.4 Å². The summed E-state index contributed by atoms with van der Waals surface area (Å²) in [7, 11) is 0. The molecule has 0 saturated carbocycles. The molecule has 19 heavy (non-hydrogen) atoms. The minimum Gasteiger partial charge on any atom is -0.366 e. The zero-order chi connectivity index (χ0) is 14.0. The topological polar surface area (TPSA) is 84.2 Å². The Morgan fingerprint density at radius 1 is 1.42 bits per heavy atom. The maximum atomic E-state index is 12.1. The van der Waals surface area contributed by atoms with Gasteiger partial charge in [-0.3, -0.25) is 9.59 Å². The van der Waals surface area contributed by atoms with Gasteiger partial charge in [0.05, 0.1) is 16.5 Å². The predicted molar refractivity (Wildman–Crippen MR) is 74.1 cm³/mol. The maximum Gasteiger partial charge on any atom is 0.250 e. The second-order valence-electron chi connectivity index (χ2n) is 4.79. The summed E-state index contributed by atoms with van der Waals surface area (Å²) < 4.78 is 0. The first-order valence-electron chi connectivity index (χ1n) is 6.10. The molecule has 4 N–H and O–H groups in total. The van der Waals surface area contributed by atoms with Gasteiger partial charge in [0, 0.05) is 12.2 Å². The number of amides is 2. The zero-order valence-corrected chi connectivity index (χ0v) is 11.3. The van der Waals surface area contributed by atoms with Crippen LogP contribution in [0.1, 0.15) is 17.3 Å². The number of hydrogen-bond donors (Lipinski definition) is 3.